The number of carbonyl (C=O) groups excluding carboxylic acids is 5. The molecule has 51 atom stereocenters. The number of hydrogen-bond acceptors (Lipinski definition) is 52. The van der Waals surface area contributed by atoms with Crippen molar-refractivity contribution in [2.45, 2.75) is 354 Å². The van der Waals surface area contributed by atoms with Gasteiger partial charge in [0.2, 0.25) is 23.6 Å². The maximum absolute atomic E-state index is 13.2. The molecule has 10 aliphatic rings. The molecule has 4 amide bonds. The van der Waals surface area contributed by atoms with E-state index >= 15 is 0 Å². The molecule has 0 aromatic carbocycles. The first-order chi connectivity index (χ1) is 61.0. The molecule has 0 saturated carbocycles. The van der Waals surface area contributed by atoms with Crippen molar-refractivity contribution in [2.24, 2.45) is 5.92 Å². The lowest BCUT2D eigenvalue weighted by atomic mass is 9.87. The minimum atomic E-state index is -2.67. The van der Waals surface area contributed by atoms with Gasteiger partial charge in [0.1, 0.15) is 226 Å². The molecule has 56 nitrogen and oxygen atoms in total. The molecule has 129 heavy (non-hydrogen) atoms. The van der Waals surface area contributed by atoms with E-state index in [1.165, 1.54) is 13.8 Å². The van der Waals surface area contributed by atoms with Crippen LogP contribution in [0.5, 0.6) is 0 Å². The highest BCUT2D eigenvalue weighted by Gasteiger charge is 2.62. The fourth-order valence-corrected chi connectivity index (χ4v) is 16.9. The van der Waals surface area contributed by atoms with Gasteiger partial charge < -0.3 is 254 Å². The largest absolute Gasteiger partial charge is 0.410 e. The maximum Gasteiger partial charge on any atom is 0.332 e. The highest BCUT2D eigenvalue weighted by molar-refractivity contribution is 5.74. The van der Waals surface area contributed by atoms with Crippen LogP contribution in [0.1, 0.15) is 48.0 Å². The monoisotopic (exact) mass is 1890 g/mol. The van der Waals surface area contributed by atoms with Crippen LogP contribution in [-0.4, -0.2) is 540 Å². The van der Waals surface area contributed by atoms with Crippen LogP contribution >= 0.6 is 0 Å². The number of nitrogens with one attached hydrogen (secondary N) is 4. The van der Waals surface area contributed by atoms with Crippen LogP contribution < -0.4 is 21.3 Å². The van der Waals surface area contributed by atoms with E-state index in [0.29, 0.717) is 0 Å². The van der Waals surface area contributed by atoms with Gasteiger partial charge in [0.05, 0.1) is 96.8 Å². The topological polar surface area (TPSA) is 864 Å². The van der Waals surface area contributed by atoms with E-state index in [1.54, 1.807) is 0 Å². The van der Waals surface area contributed by atoms with Crippen molar-refractivity contribution in [1.29, 1.82) is 0 Å². The van der Waals surface area contributed by atoms with Crippen molar-refractivity contribution >= 4 is 30.1 Å². The highest BCUT2D eigenvalue weighted by Crippen LogP contribution is 2.43. The Kier molecular flexibility index (Phi) is 38.5. The molecule has 10 heterocycles. The molecule has 0 radical (unpaired) electrons. The number of amides is 4. The van der Waals surface area contributed by atoms with Crippen molar-refractivity contribution in [1.82, 2.24) is 21.3 Å². The van der Waals surface area contributed by atoms with E-state index in [1.807, 2.05) is 0 Å². The molecule has 22 unspecified atom stereocenters. The first-order valence-electron chi connectivity index (χ1n) is 41.4. The molecule has 746 valence electrons. The summed E-state index contributed by atoms with van der Waals surface area (Å²) < 4.78 is 119. The average Bonchev–Trinajstić information content (AvgIpc) is 0.771. The van der Waals surface area contributed by atoms with E-state index < -0.39 is 408 Å². The third-order valence-corrected chi connectivity index (χ3v) is 24.0. The lowest BCUT2D eigenvalue weighted by Crippen LogP contribution is -2.71. The summed E-state index contributed by atoms with van der Waals surface area (Å²) in [5.74, 6) is -7.27. The van der Waals surface area contributed by atoms with E-state index in [2.05, 4.69) is 21.3 Å². The summed E-state index contributed by atoms with van der Waals surface area (Å²) >= 11 is 0. The predicted octanol–water partition coefficient (Wildman–Crippen LogP) is -20.6. The van der Waals surface area contributed by atoms with Gasteiger partial charge in [0.15, 0.2) is 50.3 Å². The molecular weight excluding hydrogens is 1760 g/mol. The summed E-state index contributed by atoms with van der Waals surface area (Å²) in [6.45, 7) is -4.53. The van der Waals surface area contributed by atoms with Gasteiger partial charge in [0, 0.05) is 33.6 Å². The summed E-state index contributed by atoms with van der Waals surface area (Å²) in [5, 5.41) is 313. The smallest absolute Gasteiger partial charge is 0.332 e. The lowest BCUT2D eigenvalue weighted by Gasteiger charge is -2.51. The number of hydrogen-bond donors (Lipinski definition) is 31. The molecule has 10 rings (SSSR count). The van der Waals surface area contributed by atoms with Crippen molar-refractivity contribution < 1.29 is 257 Å². The highest BCUT2D eigenvalue weighted by atomic mass is 16.9. The number of aliphatic hydroxyl groups is 27. The Morgan fingerprint density at radius 2 is 0.667 bits per heavy atom. The summed E-state index contributed by atoms with van der Waals surface area (Å²) in [6.07, 6.45) is -94.0. The van der Waals surface area contributed by atoms with Gasteiger partial charge in [-0.1, -0.05) is 6.92 Å². The fourth-order valence-electron chi connectivity index (χ4n) is 16.9. The van der Waals surface area contributed by atoms with Crippen LogP contribution in [0.4, 0.5) is 0 Å². The Morgan fingerprint density at radius 1 is 0.349 bits per heavy atom. The third kappa shape index (κ3) is 23.9. The predicted molar refractivity (Wildman–Crippen MR) is 399 cm³/mol. The van der Waals surface area contributed by atoms with Gasteiger partial charge >= 0.3 is 5.97 Å². The lowest BCUT2D eigenvalue weighted by molar-refractivity contribution is -0.424. The second-order valence-electron chi connectivity index (χ2n) is 33.0. The molecular formula is C73H122N4O52. The number of ether oxygens (including phenoxy) is 20. The van der Waals surface area contributed by atoms with Gasteiger partial charge in [-0.05, 0) is 6.92 Å². The third-order valence-electron chi connectivity index (χ3n) is 24.0. The standard InChI is InChI=1S/C73H122N4O52/c1-19-25(91)7-73(112-18-86,129-57(19)40(93)26(92)8-78)111-17-35-44(97)51(104)55(108)69(121-35)124-60-32(14-84)119-67(39(49(60)102)77-24(6)90)128-64-53(106)43(96)29(11-81)116-72(64)126-62-45(98)34(120-70(56(62)109)125-61-33(15-85)117-65(37(47(61)100)75-22(4)88)122-58-30(12-82)113-20(2)36(46(58)99)74-21(3)87)16-110-71-63(52(105)42(95)28(10-80)115-71)127-66-38(76-23(5)89)48(101)59(31(13-83)118-66)123-68-54(107)50(103)41(94)27(9-79)114-68/h18-20,25-72,78-85,91-109H,7-17H2,1-6H3,(H,74,87)(H,75,88)(H,76,89)(H,77,90)/t19-,20+,25?,26?,27?,28?,29-,30?,31?,32?,33?,34?,35?,36?,37?,38?,39?,40-,41+,42-,43-,44+,45-,46-,47-,48?,49-,50+,51+,52+,53?,54?,55?,56?,57?,58-,59-,60-,61-,62+,63?,64?,65+,66+,67+,68+,69+,70+,71+,72-,73+/m1/s1. The Bertz CT molecular complexity index is 3520. The second-order valence-corrected chi connectivity index (χ2v) is 33.0. The molecule has 0 spiro atoms. The van der Waals surface area contributed by atoms with Gasteiger partial charge in [-0.15, -0.1) is 0 Å². The summed E-state index contributed by atoms with van der Waals surface area (Å²) in [7, 11) is 0. The van der Waals surface area contributed by atoms with Gasteiger partial charge in [-0.3, -0.25) is 24.0 Å². The van der Waals surface area contributed by atoms with Crippen molar-refractivity contribution in [3.05, 3.63) is 0 Å². The Morgan fingerprint density at radius 3 is 1.07 bits per heavy atom. The molecule has 0 aromatic heterocycles. The zero-order valence-corrected chi connectivity index (χ0v) is 70.0. The van der Waals surface area contributed by atoms with Crippen molar-refractivity contribution in [3.8, 4) is 0 Å². The fraction of sp³-hybridized carbons (Fsp3) is 0.932. The minimum absolute atomic E-state index is 0.197. The van der Waals surface area contributed by atoms with Crippen LogP contribution in [0.25, 0.3) is 0 Å². The van der Waals surface area contributed by atoms with Crippen LogP contribution in [0.2, 0.25) is 0 Å². The number of aliphatic hydroxyl groups excluding tert-OH is 27. The van der Waals surface area contributed by atoms with Crippen LogP contribution in [0.15, 0.2) is 0 Å². The number of rotatable bonds is 36. The Labute approximate surface area is 732 Å². The van der Waals surface area contributed by atoms with Crippen LogP contribution in [0, 0.1) is 5.92 Å². The molecule has 56 heteroatoms. The summed E-state index contributed by atoms with van der Waals surface area (Å²) in [5.41, 5.74) is 0. The average molecular weight is 1890 g/mol. The zero-order valence-electron chi connectivity index (χ0n) is 70.0. The SMILES string of the molecule is CC(=O)NC1C(O)[C@H](O[C@@H]2OC(CO)[C@H](O)[C@H](O)C2O)C(CO)O[C@H]1OC1[C@@H](OCC2O[C@@H](O[C@@H]3C(CO)O[C@@H](O[C@@H]4C(CO)O[C@@H](C)C(NC(C)=O)[C@H]4O)C(NC(C)=O)[C@H]3O)C(O)[C@@H](O[C@H]3O[C@H](CO)[C@@H](O)C(O)C3O[C@@H]3OC(CO)[C@@H](O[C@@H]4OC(CO[C@]5(OC=O)CC(O)[C@@H](C)C([C@H](O)C(O)CO)O5)[C@H](O)[C@H](O)C4O)[C@H](O)C3NC(C)=O)[C@@H]2O)OC(CO)[C@@H](O)[C@@H]1O. The first kappa shape index (κ1) is 107. The van der Waals surface area contributed by atoms with E-state index in [0.717, 1.165) is 27.7 Å². The van der Waals surface area contributed by atoms with E-state index in [-0.39, 0.29) is 6.47 Å². The normalized spacial score (nSPS) is 48.1. The van der Waals surface area contributed by atoms with Gasteiger partial charge in [0.25, 0.3) is 6.47 Å². The molecule has 0 aliphatic carbocycles. The first-order valence-corrected chi connectivity index (χ1v) is 41.4. The molecule has 31 N–H and O–H groups in total. The second kappa shape index (κ2) is 46.6. The quantitative estimate of drug-likeness (QED) is 0.0205. The minimum Gasteiger partial charge on any atom is -0.410 e. The number of carbonyl (C=O) groups is 5. The Hall–Kier alpha value is -4.49. The Balaban J connectivity index is 0.960. The van der Waals surface area contributed by atoms with E-state index in [9.17, 15) is 162 Å². The molecule has 0 aromatic rings. The summed E-state index contributed by atoms with van der Waals surface area (Å²) in [4.78, 5) is 63.5. The zero-order chi connectivity index (χ0) is 95.1. The molecule has 10 fully saturated rings. The maximum atomic E-state index is 13.2. The van der Waals surface area contributed by atoms with Crippen molar-refractivity contribution in [2.75, 3.05) is 66.1 Å². The van der Waals surface area contributed by atoms with Crippen LogP contribution in [-0.2, 0) is 119 Å². The molecule has 10 saturated heterocycles. The summed E-state index contributed by atoms with van der Waals surface area (Å²) in [6, 6.07) is -7.14. The molecule has 10 aliphatic heterocycles. The van der Waals surface area contributed by atoms with Crippen LogP contribution in [0.3, 0.4) is 0 Å². The van der Waals surface area contributed by atoms with E-state index in [4.69, 9.17) is 94.7 Å². The molecule has 0 bridgehead atoms. The van der Waals surface area contributed by atoms with Crippen molar-refractivity contribution in [3.63, 3.8) is 0 Å². The van der Waals surface area contributed by atoms with Gasteiger partial charge in [-0.25, -0.2) is 0 Å². The van der Waals surface area contributed by atoms with Gasteiger partial charge in [-0.2, -0.15) is 0 Å².